The number of hydrogen-bond donors (Lipinski definition) is 0. The second kappa shape index (κ2) is 6.07. The first-order valence-electron chi connectivity index (χ1n) is 7.18. The van der Waals surface area contributed by atoms with E-state index in [0.717, 1.165) is 11.8 Å². The Morgan fingerprint density at radius 1 is 0.938 bits per heavy atom. The first-order valence-corrected chi connectivity index (χ1v) is 7.18. The van der Waals surface area contributed by atoms with Gasteiger partial charge in [0.15, 0.2) is 0 Å². The summed E-state index contributed by atoms with van der Waals surface area (Å²) in [5.41, 5.74) is 0.826. The molecule has 0 aliphatic carbocycles. The third-order valence-electron chi connectivity index (χ3n) is 5.06. The van der Waals surface area contributed by atoms with E-state index in [2.05, 4.69) is 55.4 Å². The molecule has 98 valence electrons. The van der Waals surface area contributed by atoms with Gasteiger partial charge in [-0.25, -0.2) is 0 Å². The van der Waals surface area contributed by atoms with Gasteiger partial charge in [0.2, 0.25) is 0 Å². The lowest BCUT2D eigenvalue weighted by molar-refractivity contribution is 0.0160. The molecule has 0 amide bonds. The Labute approximate surface area is 104 Å². The van der Waals surface area contributed by atoms with E-state index in [1.165, 1.54) is 25.7 Å². The van der Waals surface area contributed by atoms with Crippen LogP contribution in [-0.2, 0) is 0 Å². The molecule has 0 aliphatic rings. The van der Waals surface area contributed by atoms with E-state index in [1.807, 2.05) is 0 Å². The monoisotopic (exact) mass is 226 g/mol. The second-order valence-corrected chi connectivity index (χ2v) is 7.11. The molecule has 0 N–H and O–H groups in total. The highest BCUT2D eigenvalue weighted by Gasteiger charge is 2.41. The van der Waals surface area contributed by atoms with Crippen molar-refractivity contribution in [2.75, 3.05) is 0 Å². The first kappa shape index (κ1) is 16.0. The van der Waals surface area contributed by atoms with Crippen molar-refractivity contribution >= 4 is 0 Å². The lowest BCUT2D eigenvalue weighted by atomic mass is 9.57. The lowest BCUT2D eigenvalue weighted by Crippen LogP contribution is -2.40. The maximum Gasteiger partial charge on any atom is -0.0275 e. The molecule has 16 heavy (non-hydrogen) atoms. The highest BCUT2D eigenvalue weighted by Crippen LogP contribution is 2.49. The number of rotatable bonds is 6. The molecule has 0 aliphatic heterocycles. The fourth-order valence-electron chi connectivity index (χ4n) is 2.62. The zero-order chi connectivity index (χ0) is 13.0. The minimum Gasteiger partial charge on any atom is -0.0654 e. The lowest BCUT2D eigenvalue weighted by Gasteiger charge is -2.48. The van der Waals surface area contributed by atoms with Crippen molar-refractivity contribution in [1.82, 2.24) is 0 Å². The molecule has 0 saturated heterocycles. The van der Waals surface area contributed by atoms with Crippen LogP contribution in [0.4, 0.5) is 0 Å². The van der Waals surface area contributed by atoms with Crippen molar-refractivity contribution in [3.63, 3.8) is 0 Å². The molecule has 0 heterocycles. The maximum atomic E-state index is 2.47. The van der Waals surface area contributed by atoms with E-state index in [0.29, 0.717) is 10.8 Å². The van der Waals surface area contributed by atoms with Crippen LogP contribution < -0.4 is 0 Å². The summed E-state index contributed by atoms with van der Waals surface area (Å²) in [7, 11) is 0. The minimum absolute atomic E-state index is 0.398. The molecule has 0 aromatic carbocycles. The summed E-state index contributed by atoms with van der Waals surface area (Å²) in [6.07, 6.45) is 5.42. The molecule has 0 fully saturated rings. The van der Waals surface area contributed by atoms with Crippen LogP contribution in [-0.4, -0.2) is 0 Å². The van der Waals surface area contributed by atoms with Gasteiger partial charge in [-0.1, -0.05) is 74.7 Å². The number of unbranched alkanes of at least 4 members (excludes halogenated alkanes) is 1. The fourth-order valence-corrected chi connectivity index (χ4v) is 2.62. The summed E-state index contributed by atoms with van der Waals surface area (Å²) in [5, 5.41) is 0. The van der Waals surface area contributed by atoms with Gasteiger partial charge in [0.05, 0.1) is 0 Å². The zero-order valence-corrected chi connectivity index (χ0v) is 13.0. The Hall–Kier alpha value is 0. The van der Waals surface area contributed by atoms with E-state index in [9.17, 15) is 0 Å². The van der Waals surface area contributed by atoms with Crippen molar-refractivity contribution in [3.8, 4) is 0 Å². The predicted octanol–water partition coefficient (Wildman–Crippen LogP) is 5.91. The summed E-state index contributed by atoms with van der Waals surface area (Å²) in [6.45, 7) is 19.2. The van der Waals surface area contributed by atoms with Gasteiger partial charge in [-0.2, -0.15) is 0 Å². The van der Waals surface area contributed by atoms with Crippen LogP contribution in [0.25, 0.3) is 0 Å². The van der Waals surface area contributed by atoms with Gasteiger partial charge in [0, 0.05) is 0 Å². The van der Waals surface area contributed by atoms with Crippen molar-refractivity contribution in [2.24, 2.45) is 22.7 Å². The van der Waals surface area contributed by atoms with Crippen LogP contribution in [0.3, 0.4) is 0 Å². The summed E-state index contributed by atoms with van der Waals surface area (Å²) < 4.78 is 0. The molecular weight excluding hydrogens is 192 g/mol. The van der Waals surface area contributed by atoms with E-state index in [-0.39, 0.29) is 0 Å². The van der Waals surface area contributed by atoms with E-state index < -0.39 is 0 Å². The SMILES string of the molecule is CCCCC(C(C)CC)C(C)(C)C(C)(C)C. The topological polar surface area (TPSA) is 0 Å². The van der Waals surface area contributed by atoms with Crippen molar-refractivity contribution in [3.05, 3.63) is 0 Å². The molecule has 0 nitrogen and oxygen atoms in total. The van der Waals surface area contributed by atoms with Crippen LogP contribution in [0.2, 0.25) is 0 Å². The molecule has 0 spiro atoms. The second-order valence-electron chi connectivity index (χ2n) is 7.11. The number of hydrogen-bond acceptors (Lipinski definition) is 0. The first-order chi connectivity index (χ1) is 7.18. The average Bonchev–Trinajstić information content (AvgIpc) is 2.15. The van der Waals surface area contributed by atoms with Gasteiger partial charge in [0.25, 0.3) is 0 Å². The molecule has 0 saturated carbocycles. The minimum atomic E-state index is 0.398. The molecule has 2 unspecified atom stereocenters. The summed E-state index contributed by atoms with van der Waals surface area (Å²) >= 11 is 0. The van der Waals surface area contributed by atoms with Gasteiger partial charge in [-0.3, -0.25) is 0 Å². The Morgan fingerprint density at radius 3 is 1.75 bits per heavy atom. The molecule has 0 bridgehead atoms. The third kappa shape index (κ3) is 3.79. The van der Waals surface area contributed by atoms with E-state index in [4.69, 9.17) is 0 Å². The van der Waals surface area contributed by atoms with Crippen LogP contribution in [0.1, 0.15) is 81.1 Å². The summed E-state index contributed by atoms with van der Waals surface area (Å²) in [4.78, 5) is 0. The molecule has 2 atom stereocenters. The van der Waals surface area contributed by atoms with Crippen LogP contribution >= 0.6 is 0 Å². The Balaban J connectivity index is 4.86. The van der Waals surface area contributed by atoms with E-state index >= 15 is 0 Å². The Morgan fingerprint density at radius 2 is 1.44 bits per heavy atom. The molecule has 0 aromatic heterocycles. The highest BCUT2D eigenvalue weighted by molar-refractivity contribution is 4.90. The average molecular weight is 226 g/mol. The predicted molar refractivity (Wildman–Crippen MR) is 75.7 cm³/mol. The molecule has 0 rings (SSSR count). The smallest absolute Gasteiger partial charge is 0.0275 e. The summed E-state index contributed by atoms with van der Waals surface area (Å²) in [5.74, 6) is 1.71. The van der Waals surface area contributed by atoms with E-state index in [1.54, 1.807) is 0 Å². The quantitative estimate of drug-likeness (QED) is 0.528. The molecule has 0 heteroatoms. The molecular formula is C16H34. The van der Waals surface area contributed by atoms with Crippen molar-refractivity contribution in [1.29, 1.82) is 0 Å². The largest absolute Gasteiger partial charge is 0.0654 e. The normalized spacial score (nSPS) is 17.2. The standard InChI is InChI=1S/C16H34/c1-9-11-12-14(13(3)10-2)16(7,8)15(4,5)6/h13-14H,9-12H2,1-8H3. The zero-order valence-electron chi connectivity index (χ0n) is 13.0. The van der Waals surface area contributed by atoms with Crippen molar-refractivity contribution in [2.45, 2.75) is 81.1 Å². The van der Waals surface area contributed by atoms with Crippen LogP contribution in [0.15, 0.2) is 0 Å². The summed E-state index contributed by atoms with van der Waals surface area (Å²) in [6, 6.07) is 0. The van der Waals surface area contributed by atoms with Gasteiger partial charge in [-0.05, 0) is 29.1 Å². The Kier molecular flexibility index (Phi) is 6.07. The molecule has 0 radical (unpaired) electrons. The molecule has 0 aromatic rings. The highest BCUT2D eigenvalue weighted by atomic mass is 14.5. The maximum absolute atomic E-state index is 2.47. The van der Waals surface area contributed by atoms with Crippen molar-refractivity contribution < 1.29 is 0 Å². The fraction of sp³-hybridized carbons (Fsp3) is 1.00. The third-order valence-corrected chi connectivity index (χ3v) is 5.06. The van der Waals surface area contributed by atoms with Gasteiger partial charge in [-0.15, -0.1) is 0 Å². The van der Waals surface area contributed by atoms with Gasteiger partial charge < -0.3 is 0 Å². The van der Waals surface area contributed by atoms with Crippen LogP contribution in [0, 0.1) is 22.7 Å². The van der Waals surface area contributed by atoms with Gasteiger partial charge >= 0.3 is 0 Å². The van der Waals surface area contributed by atoms with Gasteiger partial charge in [0.1, 0.15) is 0 Å². The Bertz CT molecular complexity index is 183. The van der Waals surface area contributed by atoms with Crippen LogP contribution in [0.5, 0.6) is 0 Å².